The first-order valence-electron chi connectivity index (χ1n) is 5.83. The first-order chi connectivity index (χ1) is 8.63. The first-order valence-corrected chi connectivity index (χ1v) is 5.83. The van der Waals surface area contributed by atoms with Crippen molar-refractivity contribution in [1.82, 2.24) is 0 Å². The van der Waals surface area contributed by atoms with Crippen molar-refractivity contribution in [3.05, 3.63) is 29.8 Å². The maximum Gasteiger partial charge on any atom is 0.303 e. The molecule has 0 aromatic heterocycles. The molecule has 0 aliphatic carbocycles. The van der Waals surface area contributed by atoms with Crippen LogP contribution in [0.2, 0.25) is 0 Å². The number of benzene rings is 1. The van der Waals surface area contributed by atoms with Gasteiger partial charge >= 0.3 is 5.97 Å². The third-order valence-electron chi connectivity index (χ3n) is 2.73. The number of hydrogen-bond donors (Lipinski definition) is 2. The Morgan fingerprint density at radius 2 is 2.11 bits per heavy atom. The molecule has 1 aromatic rings. The summed E-state index contributed by atoms with van der Waals surface area (Å²) < 4.78 is 5.57. The number of hydrogen-bond acceptors (Lipinski definition) is 4. The van der Waals surface area contributed by atoms with E-state index in [2.05, 4.69) is 4.99 Å². The fraction of sp³-hybridized carbons (Fsp3) is 0.385. The molecule has 0 fully saturated rings. The maximum absolute atomic E-state index is 10.4. The highest BCUT2D eigenvalue weighted by molar-refractivity contribution is 5.81. The lowest BCUT2D eigenvalue weighted by atomic mass is 10.1. The molecule has 18 heavy (non-hydrogen) atoms. The molecule has 1 aliphatic heterocycles. The van der Waals surface area contributed by atoms with E-state index in [0.29, 0.717) is 25.3 Å². The van der Waals surface area contributed by atoms with E-state index in [1.54, 1.807) is 12.1 Å². The van der Waals surface area contributed by atoms with Gasteiger partial charge in [-0.05, 0) is 17.7 Å². The van der Waals surface area contributed by atoms with Gasteiger partial charge in [-0.15, -0.1) is 0 Å². The Balaban J connectivity index is 1.80. The van der Waals surface area contributed by atoms with Crippen molar-refractivity contribution in [2.45, 2.75) is 25.4 Å². The van der Waals surface area contributed by atoms with E-state index in [9.17, 15) is 9.90 Å². The summed E-state index contributed by atoms with van der Waals surface area (Å²) >= 11 is 0. The lowest BCUT2D eigenvalue weighted by Gasteiger charge is -2.11. The van der Waals surface area contributed by atoms with E-state index in [1.165, 1.54) is 0 Å². The van der Waals surface area contributed by atoms with Gasteiger partial charge in [0, 0.05) is 12.8 Å². The minimum absolute atomic E-state index is 0.0293. The summed E-state index contributed by atoms with van der Waals surface area (Å²) in [6, 6.07) is 6.95. The summed E-state index contributed by atoms with van der Waals surface area (Å²) in [5.74, 6) is -0.0750. The molecule has 1 aromatic carbocycles. The Morgan fingerprint density at radius 1 is 1.39 bits per heavy atom. The van der Waals surface area contributed by atoms with Gasteiger partial charge in [0.2, 0.25) is 0 Å². The van der Waals surface area contributed by atoms with Crippen LogP contribution in [-0.2, 0) is 16.0 Å². The van der Waals surface area contributed by atoms with Gasteiger partial charge in [-0.3, -0.25) is 9.79 Å². The number of aromatic hydroxyl groups is 1. The van der Waals surface area contributed by atoms with Crippen LogP contribution in [0.1, 0.15) is 18.4 Å². The van der Waals surface area contributed by atoms with Crippen LogP contribution in [-0.4, -0.2) is 34.7 Å². The monoisotopic (exact) mass is 249 g/mol. The Kier molecular flexibility index (Phi) is 3.82. The Bertz CT molecular complexity index is 453. The quantitative estimate of drug-likeness (QED) is 0.830. The minimum atomic E-state index is -0.844. The van der Waals surface area contributed by atoms with Crippen LogP contribution in [0, 0.1) is 0 Å². The van der Waals surface area contributed by atoms with Crippen LogP contribution in [0.3, 0.4) is 0 Å². The first kappa shape index (κ1) is 12.4. The van der Waals surface area contributed by atoms with Crippen molar-refractivity contribution < 1.29 is 19.7 Å². The molecule has 0 bridgehead atoms. The molecular weight excluding hydrogens is 234 g/mol. The number of phenolic OH excluding ortho intramolecular Hbond substituents is 1. The molecule has 1 atom stereocenters. The molecular formula is C13H15NO4. The Labute approximate surface area is 105 Å². The van der Waals surface area contributed by atoms with Crippen LogP contribution in [0.5, 0.6) is 5.75 Å². The minimum Gasteiger partial charge on any atom is -0.508 e. The average molecular weight is 249 g/mol. The van der Waals surface area contributed by atoms with E-state index in [4.69, 9.17) is 9.84 Å². The highest BCUT2D eigenvalue weighted by Gasteiger charge is 2.20. The fourth-order valence-corrected chi connectivity index (χ4v) is 1.82. The summed E-state index contributed by atoms with van der Waals surface area (Å²) in [6.07, 6.45) is 1.07. The SMILES string of the molecule is O=C(O)CCC1=NCC(Cc2ccc(O)cc2)O1. The summed E-state index contributed by atoms with van der Waals surface area (Å²) in [7, 11) is 0. The number of carboxylic acids is 1. The van der Waals surface area contributed by atoms with E-state index in [-0.39, 0.29) is 18.3 Å². The summed E-state index contributed by atoms with van der Waals surface area (Å²) in [4.78, 5) is 14.6. The summed E-state index contributed by atoms with van der Waals surface area (Å²) in [5, 5.41) is 17.7. The van der Waals surface area contributed by atoms with Crippen molar-refractivity contribution in [2.24, 2.45) is 4.99 Å². The smallest absolute Gasteiger partial charge is 0.303 e. The van der Waals surface area contributed by atoms with Crippen molar-refractivity contribution in [2.75, 3.05) is 6.54 Å². The number of phenols is 1. The zero-order valence-corrected chi connectivity index (χ0v) is 9.87. The predicted molar refractivity (Wildman–Crippen MR) is 65.9 cm³/mol. The maximum atomic E-state index is 10.4. The van der Waals surface area contributed by atoms with Gasteiger partial charge in [0.25, 0.3) is 0 Å². The van der Waals surface area contributed by atoms with Gasteiger partial charge in [-0.1, -0.05) is 12.1 Å². The zero-order chi connectivity index (χ0) is 13.0. The van der Waals surface area contributed by atoms with Crippen LogP contribution in [0.15, 0.2) is 29.3 Å². The number of aliphatic imine (C=N–C) groups is 1. The highest BCUT2D eigenvalue weighted by atomic mass is 16.5. The predicted octanol–water partition coefficient (Wildman–Crippen LogP) is 1.60. The van der Waals surface area contributed by atoms with Crippen molar-refractivity contribution >= 4 is 11.9 Å². The van der Waals surface area contributed by atoms with E-state index in [0.717, 1.165) is 5.56 Å². The fourth-order valence-electron chi connectivity index (χ4n) is 1.82. The lowest BCUT2D eigenvalue weighted by molar-refractivity contribution is -0.136. The van der Waals surface area contributed by atoms with Crippen LogP contribution in [0.4, 0.5) is 0 Å². The second-order valence-electron chi connectivity index (χ2n) is 4.24. The Hall–Kier alpha value is -2.04. The van der Waals surface area contributed by atoms with Crippen molar-refractivity contribution in [3.63, 3.8) is 0 Å². The van der Waals surface area contributed by atoms with Crippen molar-refractivity contribution in [3.8, 4) is 5.75 Å². The topological polar surface area (TPSA) is 79.1 Å². The third-order valence-corrected chi connectivity index (χ3v) is 2.73. The molecule has 0 amide bonds. The number of carbonyl (C=O) groups is 1. The number of rotatable bonds is 5. The molecule has 1 heterocycles. The number of ether oxygens (including phenoxy) is 1. The second-order valence-corrected chi connectivity index (χ2v) is 4.24. The molecule has 96 valence electrons. The van der Waals surface area contributed by atoms with Gasteiger partial charge < -0.3 is 14.9 Å². The van der Waals surface area contributed by atoms with E-state index < -0.39 is 5.97 Å². The standard InChI is InChI=1S/C13H15NO4/c15-10-3-1-9(2-4-10)7-11-8-14-12(18-11)5-6-13(16)17/h1-4,11,15H,5-8H2,(H,16,17). The van der Waals surface area contributed by atoms with Crippen LogP contribution >= 0.6 is 0 Å². The van der Waals surface area contributed by atoms with Gasteiger partial charge in [0.05, 0.1) is 13.0 Å². The molecule has 0 radical (unpaired) electrons. The van der Waals surface area contributed by atoms with Crippen LogP contribution in [0.25, 0.3) is 0 Å². The van der Waals surface area contributed by atoms with E-state index in [1.807, 2.05) is 12.1 Å². The largest absolute Gasteiger partial charge is 0.508 e. The van der Waals surface area contributed by atoms with Crippen molar-refractivity contribution in [1.29, 1.82) is 0 Å². The van der Waals surface area contributed by atoms with Gasteiger partial charge in [0.15, 0.2) is 5.90 Å². The lowest BCUT2D eigenvalue weighted by Crippen LogP contribution is -2.16. The highest BCUT2D eigenvalue weighted by Crippen LogP contribution is 2.16. The van der Waals surface area contributed by atoms with Gasteiger partial charge in [0.1, 0.15) is 11.9 Å². The summed E-state index contributed by atoms with van der Waals surface area (Å²) in [6.45, 7) is 0.565. The van der Waals surface area contributed by atoms with Crippen LogP contribution < -0.4 is 0 Å². The van der Waals surface area contributed by atoms with Gasteiger partial charge in [-0.2, -0.15) is 0 Å². The Morgan fingerprint density at radius 3 is 2.78 bits per heavy atom. The number of aliphatic carboxylic acids is 1. The molecule has 5 heteroatoms. The molecule has 0 saturated carbocycles. The average Bonchev–Trinajstić information content (AvgIpc) is 2.77. The summed E-state index contributed by atoms with van der Waals surface area (Å²) in [5.41, 5.74) is 1.06. The number of nitrogens with zero attached hydrogens (tertiary/aromatic N) is 1. The third kappa shape index (κ3) is 3.48. The second kappa shape index (κ2) is 5.53. The van der Waals surface area contributed by atoms with E-state index >= 15 is 0 Å². The molecule has 0 saturated heterocycles. The molecule has 1 unspecified atom stereocenters. The molecule has 2 N–H and O–H groups in total. The molecule has 5 nitrogen and oxygen atoms in total. The number of carboxylic acid groups (broad SMARTS) is 1. The van der Waals surface area contributed by atoms with Gasteiger partial charge in [-0.25, -0.2) is 0 Å². The molecule has 2 rings (SSSR count). The zero-order valence-electron chi connectivity index (χ0n) is 9.87. The normalized spacial score (nSPS) is 18.2. The molecule has 1 aliphatic rings. The molecule has 0 spiro atoms.